The fraction of sp³-hybridized carbons (Fsp3) is 0. The standard InChI is InChI=1S/C19H14ClNO/c20-17-10-3-4-11-18(17)21-19(22)13-12-15-8-5-7-14-6-1-2-9-16(14)15/h1-13H,(H,21,22)/b13-12+. The molecule has 2 nitrogen and oxygen atoms in total. The summed E-state index contributed by atoms with van der Waals surface area (Å²) in [6.07, 6.45) is 3.33. The molecule has 0 aliphatic rings. The van der Waals surface area contributed by atoms with E-state index in [1.165, 1.54) is 6.08 Å². The first kappa shape index (κ1) is 14.4. The van der Waals surface area contributed by atoms with Crippen LogP contribution in [0, 0.1) is 0 Å². The Balaban J connectivity index is 1.81. The molecule has 0 saturated carbocycles. The molecule has 0 aliphatic carbocycles. The Morgan fingerprint density at radius 2 is 1.64 bits per heavy atom. The first-order chi connectivity index (χ1) is 10.7. The van der Waals surface area contributed by atoms with Crippen molar-refractivity contribution in [3.8, 4) is 0 Å². The summed E-state index contributed by atoms with van der Waals surface area (Å²) < 4.78 is 0. The van der Waals surface area contributed by atoms with Gasteiger partial charge in [0, 0.05) is 6.08 Å². The largest absolute Gasteiger partial charge is 0.321 e. The summed E-state index contributed by atoms with van der Waals surface area (Å²) in [7, 11) is 0. The molecule has 0 atom stereocenters. The Hall–Kier alpha value is -2.58. The lowest BCUT2D eigenvalue weighted by Gasteiger charge is -2.04. The second-order valence-corrected chi connectivity index (χ2v) is 5.28. The molecular formula is C19H14ClNO. The van der Waals surface area contributed by atoms with Gasteiger partial charge in [0.1, 0.15) is 0 Å². The van der Waals surface area contributed by atoms with E-state index in [-0.39, 0.29) is 5.91 Å². The van der Waals surface area contributed by atoms with Crippen molar-refractivity contribution in [2.24, 2.45) is 0 Å². The lowest BCUT2D eigenvalue weighted by Crippen LogP contribution is -2.07. The van der Waals surface area contributed by atoms with Crippen LogP contribution in [0.4, 0.5) is 5.69 Å². The van der Waals surface area contributed by atoms with Crippen LogP contribution >= 0.6 is 11.6 Å². The molecule has 3 aromatic carbocycles. The van der Waals surface area contributed by atoms with Gasteiger partial charge in [-0.2, -0.15) is 0 Å². The van der Waals surface area contributed by atoms with E-state index in [4.69, 9.17) is 11.6 Å². The van der Waals surface area contributed by atoms with E-state index in [0.29, 0.717) is 10.7 Å². The van der Waals surface area contributed by atoms with Crippen molar-refractivity contribution in [1.82, 2.24) is 0 Å². The second-order valence-electron chi connectivity index (χ2n) is 4.87. The molecule has 0 bridgehead atoms. The van der Waals surface area contributed by atoms with E-state index in [1.807, 2.05) is 48.5 Å². The highest BCUT2D eigenvalue weighted by Crippen LogP contribution is 2.21. The van der Waals surface area contributed by atoms with Gasteiger partial charge in [0.2, 0.25) is 5.91 Å². The van der Waals surface area contributed by atoms with Crippen molar-refractivity contribution in [2.75, 3.05) is 5.32 Å². The summed E-state index contributed by atoms with van der Waals surface area (Å²) in [6, 6.07) is 21.3. The van der Waals surface area contributed by atoms with E-state index in [2.05, 4.69) is 17.4 Å². The van der Waals surface area contributed by atoms with Gasteiger partial charge in [0.05, 0.1) is 10.7 Å². The summed E-state index contributed by atoms with van der Waals surface area (Å²) in [5.41, 5.74) is 1.61. The summed E-state index contributed by atoms with van der Waals surface area (Å²) >= 11 is 6.02. The van der Waals surface area contributed by atoms with Crippen LogP contribution in [0.15, 0.2) is 72.8 Å². The lowest BCUT2D eigenvalue weighted by molar-refractivity contribution is -0.111. The molecule has 0 radical (unpaired) electrons. The number of rotatable bonds is 3. The zero-order valence-electron chi connectivity index (χ0n) is 11.8. The molecule has 3 aromatic rings. The van der Waals surface area contributed by atoms with Crippen molar-refractivity contribution < 1.29 is 4.79 Å². The fourth-order valence-corrected chi connectivity index (χ4v) is 2.48. The number of carbonyl (C=O) groups excluding carboxylic acids is 1. The van der Waals surface area contributed by atoms with E-state index < -0.39 is 0 Å². The molecular weight excluding hydrogens is 294 g/mol. The topological polar surface area (TPSA) is 29.1 Å². The maximum atomic E-state index is 12.0. The summed E-state index contributed by atoms with van der Waals surface area (Å²) in [5, 5.41) is 5.56. The predicted molar refractivity (Wildman–Crippen MR) is 93.1 cm³/mol. The van der Waals surface area contributed by atoms with Crippen molar-refractivity contribution >= 4 is 40.0 Å². The quantitative estimate of drug-likeness (QED) is 0.666. The second kappa shape index (κ2) is 6.46. The number of anilines is 1. The average Bonchev–Trinajstić information content (AvgIpc) is 2.55. The van der Waals surface area contributed by atoms with Gasteiger partial charge >= 0.3 is 0 Å². The summed E-state index contributed by atoms with van der Waals surface area (Å²) in [5.74, 6) is -0.207. The van der Waals surface area contributed by atoms with Gasteiger partial charge in [0.25, 0.3) is 0 Å². The predicted octanol–water partition coefficient (Wildman–Crippen LogP) is 5.15. The number of carbonyl (C=O) groups is 1. The van der Waals surface area contributed by atoms with Crippen LogP contribution in [0.3, 0.4) is 0 Å². The normalized spacial score (nSPS) is 11.0. The number of fused-ring (bicyclic) bond motifs is 1. The molecule has 0 unspecified atom stereocenters. The molecule has 22 heavy (non-hydrogen) atoms. The van der Waals surface area contributed by atoms with Crippen LogP contribution in [0.25, 0.3) is 16.8 Å². The van der Waals surface area contributed by atoms with Crippen molar-refractivity contribution in [3.05, 3.63) is 83.4 Å². The van der Waals surface area contributed by atoms with Crippen molar-refractivity contribution in [1.29, 1.82) is 0 Å². The maximum Gasteiger partial charge on any atom is 0.248 e. The lowest BCUT2D eigenvalue weighted by atomic mass is 10.0. The van der Waals surface area contributed by atoms with Gasteiger partial charge in [-0.3, -0.25) is 4.79 Å². The number of para-hydroxylation sites is 1. The monoisotopic (exact) mass is 307 g/mol. The van der Waals surface area contributed by atoms with E-state index >= 15 is 0 Å². The smallest absolute Gasteiger partial charge is 0.248 e. The average molecular weight is 308 g/mol. The van der Waals surface area contributed by atoms with Crippen molar-refractivity contribution in [3.63, 3.8) is 0 Å². The third-order valence-corrected chi connectivity index (χ3v) is 3.70. The van der Waals surface area contributed by atoms with E-state index in [1.54, 1.807) is 12.1 Å². The third-order valence-electron chi connectivity index (χ3n) is 3.37. The van der Waals surface area contributed by atoms with Crippen LogP contribution in [-0.4, -0.2) is 5.91 Å². The molecule has 1 N–H and O–H groups in total. The number of benzene rings is 3. The molecule has 3 heteroatoms. The minimum absolute atomic E-state index is 0.207. The summed E-state index contributed by atoms with van der Waals surface area (Å²) in [6.45, 7) is 0. The number of halogens is 1. The molecule has 3 rings (SSSR count). The maximum absolute atomic E-state index is 12.0. The van der Waals surface area contributed by atoms with E-state index in [0.717, 1.165) is 16.3 Å². The Bertz CT molecular complexity index is 849. The zero-order valence-corrected chi connectivity index (χ0v) is 12.5. The molecule has 0 aliphatic heterocycles. The molecule has 0 aromatic heterocycles. The molecule has 1 amide bonds. The van der Waals surface area contributed by atoms with Crippen LogP contribution < -0.4 is 5.32 Å². The molecule has 0 spiro atoms. The van der Waals surface area contributed by atoms with Crippen LogP contribution in [-0.2, 0) is 4.79 Å². The van der Waals surface area contributed by atoms with Gasteiger partial charge in [-0.1, -0.05) is 66.2 Å². The molecule has 0 heterocycles. The minimum Gasteiger partial charge on any atom is -0.321 e. The number of nitrogens with one attached hydrogen (secondary N) is 1. The minimum atomic E-state index is -0.207. The molecule has 0 saturated heterocycles. The first-order valence-electron chi connectivity index (χ1n) is 6.95. The summed E-state index contributed by atoms with van der Waals surface area (Å²) in [4.78, 5) is 12.0. The van der Waals surface area contributed by atoms with Gasteiger partial charge in [0.15, 0.2) is 0 Å². The van der Waals surface area contributed by atoms with Crippen LogP contribution in [0.2, 0.25) is 5.02 Å². The van der Waals surface area contributed by atoms with Gasteiger partial charge in [-0.15, -0.1) is 0 Å². The number of hydrogen-bond acceptors (Lipinski definition) is 1. The van der Waals surface area contributed by atoms with Crippen molar-refractivity contribution in [2.45, 2.75) is 0 Å². The van der Waals surface area contributed by atoms with Gasteiger partial charge in [-0.05, 0) is 34.5 Å². The number of hydrogen-bond donors (Lipinski definition) is 1. The SMILES string of the molecule is O=C(/C=C/c1cccc2ccccc12)Nc1ccccc1Cl. The highest BCUT2D eigenvalue weighted by molar-refractivity contribution is 6.33. The van der Waals surface area contributed by atoms with Crippen LogP contribution in [0.5, 0.6) is 0 Å². The first-order valence-corrected chi connectivity index (χ1v) is 7.33. The van der Waals surface area contributed by atoms with Gasteiger partial charge in [-0.25, -0.2) is 0 Å². The highest BCUT2D eigenvalue weighted by Gasteiger charge is 2.02. The molecule has 108 valence electrons. The Morgan fingerprint density at radius 1 is 0.909 bits per heavy atom. The molecule has 0 fully saturated rings. The third kappa shape index (κ3) is 3.18. The fourth-order valence-electron chi connectivity index (χ4n) is 2.30. The van der Waals surface area contributed by atoms with Crippen LogP contribution in [0.1, 0.15) is 5.56 Å². The van der Waals surface area contributed by atoms with E-state index in [9.17, 15) is 4.79 Å². The Kier molecular flexibility index (Phi) is 4.22. The zero-order chi connectivity index (χ0) is 15.4. The number of amides is 1. The Morgan fingerprint density at radius 3 is 2.50 bits per heavy atom. The van der Waals surface area contributed by atoms with Gasteiger partial charge < -0.3 is 5.32 Å². The Labute approximate surface area is 134 Å². The highest BCUT2D eigenvalue weighted by atomic mass is 35.5.